The Hall–Kier alpha value is -1.08. The molecule has 20 heavy (non-hydrogen) atoms. The van der Waals surface area contributed by atoms with Crippen LogP contribution in [-0.4, -0.2) is 25.9 Å². The molecular formula is C10H10LiNO6S2. The minimum absolute atomic E-state index is 0. The molecule has 0 amide bonds. The normalized spacial score (nSPS) is 12.1. The molecule has 0 heterocycles. The monoisotopic (exact) mass is 311 g/mol. The van der Waals surface area contributed by atoms with Gasteiger partial charge in [0.1, 0.15) is 9.79 Å². The van der Waals surface area contributed by atoms with Crippen molar-refractivity contribution in [3.05, 3.63) is 30.3 Å². The molecule has 7 nitrogen and oxygen atoms in total. The number of benzene rings is 2. The van der Waals surface area contributed by atoms with Gasteiger partial charge in [-0.1, -0.05) is 24.3 Å². The molecule has 0 bridgehead atoms. The number of hydrogen-bond acceptors (Lipinski definition) is 5. The molecule has 0 atom stereocenters. The van der Waals surface area contributed by atoms with Gasteiger partial charge in [-0.2, -0.15) is 16.8 Å². The Labute approximate surface area is 128 Å². The zero-order valence-electron chi connectivity index (χ0n) is 11.3. The summed E-state index contributed by atoms with van der Waals surface area (Å²) in [4.78, 5) is -1.84. The molecule has 0 radical (unpaired) electrons. The first-order valence-corrected chi connectivity index (χ1v) is 7.76. The van der Waals surface area contributed by atoms with E-state index >= 15 is 0 Å². The summed E-state index contributed by atoms with van der Waals surface area (Å²) in [7, 11) is -9.70. The fourth-order valence-electron chi connectivity index (χ4n) is 1.81. The average Bonchev–Trinajstić information content (AvgIpc) is 2.26. The zero-order chi connectivity index (χ0) is 14.4. The molecule has 0 aliphatic heterocycles. The Bertz CT molecular complexity index is 882. The topological polar surface area (TPSA) is 135 Å². The van der Waals surface area contributed by atoms with Crippen LogP contribution >= 0.6 is 0 Å². The van der Waals surface area contributed by atoms with E-state index in [9.17, 15) is 21.4 Å². The van der Waals surface area contributed by atoms with Gasteiger partial charge >= 0.3 is 18.9 Å². The molecule has 104 valence electrons. The van der Waals surface area contributed by atoms with Crippen molar-refractivity contribution in [2.45, 2.75) is 9.79 Å². The van der Waals surface area contributed by atoms with Crippen LogP contribution in [-0.2, 0) is 20.2 Å². The number of hydrogen-bond donors (Lipinski definition) is 3. The van der Waals surface area contributed by atoms with Crippen molar-refractivity contribution in [1.29, 1.82) is 0 Å². The van der Waals surface area contributed by atoms with E-state index < -0.39 is 30.0 Å². The van der Waals surface area contributed by atoms with Crippen molar-refractivity contribution in [1.82, 2.24) is 0 Å². The van der Waals surface area contributed by atoms with E-state index in [0.29, 0.717) is 0 Å². The second-order valence-corrected chi connectivity index (χ2v) is 6.54. The number of nitrogens with two attached hydrogens (primary N) is 1. The van der Waals surface area contributed by atoms with E-state index in [0.717, 1.165) is 6.07 Å². The van der Waals surface area contributed by atoms with E-state index in [1.165, 1.54) is 18.2 Å². The van der Waals surface area contributed by atoms with Gasteiger partial charge in [-0.25, -0.2) is 0 Å². The number of anilines is 1. The van der Waals surface area contributed by atoms with Crippen LogP contribution in [0.15, 0.2) is 40.1 Å². The van der Waals surface area contributed by atoms with Crippen molar-refractivity contribution >= 4 is 36.7 Å². The quantitative estimate of drug-likeness (QED) is 0.333. The fourth-order valence-corrected chi connectivity index (χ4v) is 3.83. The van der Waals surface area contributed by atoms with Crippen LogP contribution < -0.4 is 24.6 Å². The Kier molecular flexibility index (Phi) is 4.55. The maximum atomic E-state index is 11.4. The maximum Gasteiger partial charge on any atom is 1.00 e. The first kappa shape index (κ1) is 17.0. The van der Waals surface area contributed by atoms with Crippen LogP contribution in [0.3, 0.4) is 0 Å². The summed E-state index contributed by atoms with van der Waals surface area (Å²) in [6.45, 7) is 0. The third-order valence-electron chi connectivity index (χ3n) is 2.53. The standard InChI is InChI=1S/C10H9NO6S2.Li.H/c11-8-5-9(18(12,13)14)10(19(15,16)17)7-4-2-1-3-6(7)8;;/h1-5H,11H2,(H,12,13,14)(H,15,16,17);;/q;+1;-1. The van der Waals surface area contributed by atoms with Crippen LogP contribution in [0.2, 0.25) is 0 Å². The van der Waals surface area contributed by atoms with Crippen LogP contribution in [0, 0.1) is 0 Å². The van der Waals surface area contributed by atoms with Gasteiger partial charge in [-0.05, 0) is 6.07 Å². The molecule has 0 aromatic heterocycles. The molecule has 0 fully saturated rings. The van der Waals surface area contributed by atoms with Crippen molar-refractivity contribution in [3.63, 3.8) is 0 Å². The minimum atomic E-state index is -4.85. The van der Waals surface area contributed by atoms with Crippen LogP contribution in [0.4, 0.5) is 5.69 Å². The Balaban J connectivity index is 0.00000200. The number of fused-ring (bicyclic) bond motifs is 1. The zero-order valence-corrected chi connectivity index (χ0v) is 11.9. The van der Waals surface area contributed by atoms with Gasteiger partial charge < -0.3 is 7.16 Å². The first-order chi connectivity index (χ1) is 8.62. The van der Waals surface area contributed by atoms with Crippen LogP contribution in [0.25, 0.3) is 10.8 Å². The average molecular weight is 311 g/mol. The summed E-state index contributed by atoms with van der Waals surface area (Å²) in [5.74, 6) is 0. The smallest absolute Gasteiger partial charge is 1.00 e. The molecule has 0 saturated heterocycles. The third-order valence-corrected chi connectivity index (χ3v) is 4.49. The second-order valence-electron chi connectivity index (χ2n) is 3.79. The van der Waals surface area contributed by atoms with Gasteiger partial charge in [0.2, 0.25) is 0 Å². The van der Waals surface area contributed by atoms with E-state index in [4.69, 9.17) is 10.3 Å². The number of rotatable bonds is 2. The van der Waals surface area contributed by atoms with Gasteiger partial charge in [0, 0.05) is 16.5 Å². The Morgan fingerprint density at radius 1 is 0.950 bits per heavy atom. The van der Waals surface area contributed by atoms with Gasteiger partial charge in [0.05, 0.1) is 0 Å². The summed E-state index contributed by atoms with van der Waals surface area (Å²) in [5.41, 5.74) is 5.58. The van der Waals surface area contributed by atoms with Gasteiger partial charge in [0.25, 0.3) is 20.2 Å². The minimum Gasteiger partial charge on any atom is -1.00 e. The van der Waals surface area contributed by atoms with E-state index in [1.54, 1.807) is 6.07 Å². The van der Waals surface area contributed by atoms with Gasteiger partial charge in [-0.3, -0.25) is 9.11 Å². The van der Waals surface area contributed by atoms with Crippen molar-refractivity contribution in [3.8, 4) is 0 Å². The van der Waals surface area contributed by atoms with E-state index in [2.05, 4.69) is 0 Å². The number of nitrogen functional groups attached to an aromatic ring is 1. The molecule has 4 N–H and O–H groups in total. The van der Waals surface area contributed by atoms with Crippen LogP contribution in [0.1, 0.15) is 1.43 Å². The predicted molar refractivity (Wildman–Crippen MR) is 69.1 cm³/mol. The molecule has 0 aliphatic rings. The summed E-state index contributed by atoms with van der Waals surface area (Å²) in [6.07, 6.45) is 0. The first-order valence-electron chi connectivity index (χ1n) is 4.88. The fraction of sp³-hybridized carbons (Fsp3) is 0. The predicted octanol–water partition coefficient (Wildman–Crippen LogP) is -1.97. The van der Waals surface area contributed by atoms with E-state index in [1.807, 2.05) is 0 Å². The third kappa shape index (κ3) is 2.98. The molecular weight excluding hydrogens is 301 g/mol. The van der Waals surface area contributed by atoms with Crippen molar-refractivity contribution in [2.75, 3.05) is 5.73 Å². The van der Waals surface area contributed by atoms with Gasteiger partial charge in [-0.15, -0.1) is 0 Å². The summed E-state index contributed by atoms with van der Waals surface area (Å²) >= 11 is 0. The van der Waals surface area contributed by atoms with Crippen LogP contribution in [0.5, 0.6) is 0 Å². The molecule has 2 aromatic carbocycles. The molecule has 2 aromatic rings. The molecule has 10 heteroatoms. The molecule has 0 unspecified atom stereocenters. The molecule has 2 rings (SSSR count). The molecule has 0 aliphatic carbocycles. The van der Waals surface area contributed by atoms with Crippen molar-refractivity contribution in [2.24, 2.45) is 0 Å². The molecule has 0 saturated carbocycles. The SMILES string of the molecule is Nc1cc(S(=O)(=O)O)c(S(=O)(=O)O)c2ccccc12.[H-].[Li+]. The second kappa shape index (κ2) is 5.36. The van der Waals surface area contributed by atoms with Crippen molar-refractivity contribution < 1.29 is 46.2 Å². The Morgan fingerprint density at radius 2 is 1.45 bits per heavy atom. The summed E-state index contributed by atoms with van der Waals surface area (Å²) < 4.78 is 63.4. The summed E-state index contributed by atoms with van der Waals surface area (Å²) in [6, 6.07) is 6.56. The largest absolute Gasteiger partial charge is 1.00 e. The maximum absolute atomic E-state index is 11.4. The van der Waals surface area contributed by atoms with Gasteiger partial charge in [0.15, 0.2) is 0 Å². The summed E-state index contributed by atoms with van der Waals surface area (Å²) in [5, 5.41) is 0.167. The van der Waals surface area contributed by atoms with E-state index in [-0.39, 0.29) is 36.7 Å². The Morgan fingerprint density at radius 3 is 1.90 bits per heavy atom. The molecule has 0 spiro atoms.